The summed E-state index contributed by atoms with van der Waals surface area (Å²) in [7, 11) is 0. The van der Waals surface area contributed by atoms with E-state index in [1.165, 1.54) is 32.0 Å². The molecule has 2 aromatic carbocycles. The molecule has 1 atom stereocenters. The highest BCUT2D eigenvalue weighted by Crippen LogP contribution is 2.18. The smallest absolute Gasteiger partial charge is 0.265 e. The highest BCUT2D eigenvalue weighted by atomic mass is 19.1. The van der Waals surface area contributed by atoms with Gasteiger partial charge in [-0.25, -0.2) is 4.39 Å². The molecule has 3 amide bonds. The number of carbonyl (C=O) groups excluding carboxylic acids is 3. The van der Waals surface area contributed by atoms with E-state index in [0.29, 0.717) is 24.3 Å². The van der Waals surface area contributed by atoms with Gasteiger partial charge in [-0.15, -0.1) is 0 Å². The number of nitrogens with one attached hydrogen (secondary N) is 3. The molecule has 0 aliphatic heterocycles. The number of benzene rings is 2. The molecule has 0 radical (unpaired) electrons. The quantitative estimate of drug-likeness (QED) is 0.605. The zero-order chi connectivity index (χ0) is 20.5. The lowest BCUT2D eigenvalue weighted by molar-refractivity contribution is -0.122. The fraction of sp³-hybridized carbons (Fsp3) is 0.250. The monoisotopic (exact) mass is 387 g/mol. The van der Waals surface area contributed by atoms with Crippen LogP contribution in [0.15, 0.2) is 48.5 Å². The molecule has 3 N–H and O–H groups in total. The minimum absolute atomic E-state index is 0.00330. The average molecular weight is 387 g/mol. The summed E-state index contributed by atoms with van der Waals surface area (Å²) in [4.78, 5) is 35.0. The van der Waals surface area contributed by atoms with Crippen LogP contribution >= 0.6 is 0 Å². The van der Waals surface area contributed by atoms with Crippen molar-refractivity contribution in [2.75, 3.05) is 18.4 Å². The first-order valence-corrected chi connectivity index (χ1v) is 8.71. The Hall–Kier alpha value is -3.42. The maximum atomic E-state index is 13.6. The molecule has 0 heterocycles. The van der Waals surface area contributed by atoms with Gasteiger partial charge < -0.3 is 20.7 Å². The summed E-state index contributed by atoms with van der Waals surface area (Å²) in [6.45, 7) is 3.56. The zero-order valence-corrected chi connectivity index (χ0v) is 15.6. The van der Waals surface area contributed by atoms with Gasteiger partial charge in [-0.2, -0.15) is 0 Å². The van der Waals surface area contributed by atoms with E-state index in [0.717, 1.165) is 0 Å². The maximum absolute atomic E-state index is 13.6. The lowest BCUT2D eigenvalue weighted by Crippen LogP contribution is -2.33. The topological polar surface area (TPSA) is 96.5 Å². The van der Waals surface area contributed by atoms with Gasteiger partial charge in [-0.1, -0.05) is 12.1 Å². The van der Waals surface area contributed by atoms with Crippen LogP contribution in [0.2, 0.25) is 0 Å². The summed E-state index contributed by atoms with van der Waals surface area (Å²) >= 11 is 0. The lowest BCUT2D eigenvalue weighted by Gasteiger charge is -2.15. The van der Waals surface area contributed by atoms with Gasteiger partial charge >= 0.3 is 0 Å². The van der Waals surface area contributed by atoms with Crippen LogP contribution in [0, 0.1) is 5.82 Å². The molecule has 0 saturated carbocycles. The van der Waals surface area contributed by atoms with Crippen LogP contribution in [0.25, 0.3) is 0 Å². The van der Waals surface area contributed by atoms with Gasteiger partial charge in [0.2, 0.25) is 5.91 Å². The minimum atomic E-state index is -0.909. The van der Waals surface area contributed by atoms with E-state index < -0.39 is 17.8 Å². The number of rotatable bonds is 8. The molecular weight excluding hydrogens is 365 g/mol. The van der Waals surface area contributed by atoms with Crippen LogP contribution in [-0.2, 0) is 9.59 Å². The van der Waals surface area contributed by atoms with E-state index in [1.807, 2.05) is 0 Å². The lowest BCUT2D eigenvalue weighted by atomic mass is 10.2. The van der Waals surface area contributed by atoms with Crippen LogP contribution in [0.5, 0.6) is 5.75 Å². The third kappa shape index (κ3) is 6.39. The van der Waals surface area contributed by atoms with E-state index in [2.05, 4.69) is 16.0 Å². The molecule has 7 nitrogen and oxygen atoms in total. The van der Waals surface area contributed by atoms with Crippen molar-refractivity contribution >= 4 is 23.4 Å². The first kappa shape index (κ1) is 20.9. The number of halogens is 1. The second-order valence-electron chi connectivity index (χ2n) is 6.00. The summed E-state index contributed by atoms with van der Waals surface area (Å²) in [6.07, 6.45) is -0.909. The van der Waals surface area contributed by atoms with E-state index in [4.69, 9.17) is 4.74 Å². The van der Waals surface area contributed by atoms with Crippen molar-refractivity contribution in [3.8, 4) is 5.75 Å². The second kappa shape index (κ2) is 10.1. The molecule has 0 spiro atoms. The Bertz CT molecular complexity index is 840. The molecule has 0 bridgehead atoms. The van der Waals surface area contributed by atoms with E-state index in [-0.39, 0.29) is 17.6 Å². The molecule has 0 aliphatic carbocycles. The largest absolute Gasteiger partial charge is 0.478 e. The predicted octanol–water partition coefficient (Wildman–Crippen LogP) is 2.10. The molecule has 148 valence electrons. The summed E-state index contributed by atoms with van der Waals surface area (Å²) in [5.74, 6) is -1.45. The van der Waals surface area contributed by atoms with Crippen molar-refractivity contribution in [2.24, 2.45) is 0 Å². The minimum Gasteiger partial charge on any atom is -0.478 e. The van der Waals surface area contributed by atoms with Gasteiger partial charge in [-0.05, 0) is 43.3 Å². The normalized spacial score (nSPS) is 11.2. The van der Waals surface area contributed by atoms with Gasteiger partial charge in [0.05, 0.1) is 0 Å². The first-order chi connectivity index (χ1) is 13.4. The Kier molecular flexibility index (Phi) is 7.50. The van der Waals surface area contributed by atoms with Gasteiger partial charge in [0.25, 0.3) is 11.8 Å². The SMILES string of the molecule is CC(=O)NCCNC(=O)c1ccc(NC(=O)C(C)Oc2ccccc2F)cc1. The van der Waals surface area contributed by atoms with Crippen LogP contribution in [0.4, 0.5) is 10.1 Å². The number of carbonyl (C=O) groups is 3. The number of amides is 3. The molecule has 1 unspecified atom stereocenters. The molecule has 0 saturated heterocycles. The number of para-hydroxylation sites is 1. The predicted molar refractivity (Wildman–Crippen MR) is 103 cm³/mol. The van der Waals surface area contributed by atoms with Crippen LogP contribution in [0.3, 0.4) is 0 Å². The Morgan fingerprint density at radius 3 is 2.29 bits per heavy atom. The van der Waals surface area contributed by atoms with Gasteiger partial charge in [0, 0.05) is 31.3 Å². The summed E-state index contributed by atoms with van der Waals surface area (Å²) < 4.78 is 18.9. The van der Waals surface area contributed by atoms with Crippen LogP contribution < -0.4 is 20.7 Å². The number of hydrogen-bond donors (Lipinski definition) is 3. The van der Waals surface area contributed by atoms with Crippen molar-refractivity contribution in [3.05, 3.63) is 59.9 Å². The Morgan fingerprint density at radius 2 is 1.64 bits per heavy atom. The number of anilines is 1. The van der Waals surface area contributed by atoms with Crippen LogP contribution in [0.1, 0.15) is 24.2 Å². The number of hydrogen-bond acceptors (Lipinski definition) is 4. The Morgan fingerprint density at radius 1 is 1.00 bits per heavy atom. The Labute approximate surface area is 162 Å². The standard InChI is InChI=1S/C20H22FN3O4/c1-13(28-18-6-4-3-5-17(18)21)19(26)24-16-9-7-15(8-10-16)20(27)23-12-11-22-14(2)25/h3-10,13H,11-12H2,1-2H3,(H,22,25)(H,23,27)(H,24,26). The molecule has 2 aromatic rings. The fourth-order valence-corrected chi connectivity index (χ4v) is 2.25. The molecule has 0 aromatic heterocycles. The number of ether oxygens (including phenoxy) is 1. The van der Waals surface area contributed by atoms with Gasteiger partial charge in [-0.3, -0.25) is 14.4 Å². The molecule has 0 aliphatic rings. The molecule has 2 rings (SSSR count). The summed E-state index contributed by atoms with van der Waals surface area (Å²) in [5.41, 5.74) is 0.889. The van der Waals surface area contributed by atoms with Crippen molar-refractivity contribution in [1.82, 2.24) is 10.6 Å². The molecule has 8 heteroatoms. The zero-order valence-electron chi connectivity index (χ0n) is 15.6. The molecule has 0 fully saturated rings. The van der Waals surface area contributed by atoms with Crippen LogP contribution in [-0.4, -0.2) is 36.9 Å². The fourth-order valence-electron chi connectivity index (χ4n) is 2.25. The second-order valence-corrected chi connectivity index (χ2v) is 6.00. The van der Waals surface area contributed by atoms with Gasteiger partial charge in [0.1, 0.15) is 0 Å². The molecule has 28 heavy (non-hydrogen) atoms. The average Bonchev–Trinajstić information content (AvgIpc) is 2.67. The van der Waals surface area contributed by atoms with E-state index in [9.17, 15) is 18.8 Å². The maximum Gasteiger partial charge on any atom is 0.265 e. The van der Waals surface area contributed by atoms with Crippen molar-refractivity contribution in [2.45, 2.75) is 20.0 Å². The summed E-state index contributed by atoms with van der Waals surface area (Å²) in [5, 5.41) is 7.89. The van der Waals surface area contributed by atoms with Gasteiger partial charge in [0.15, 0.2) is 17.7 Å². The van der Waals surface area contributed by atoms with E-state index in [1.54, 1.807) is 30.3 Å². The highest BCUT2D eigenvalue weighted by Gasteiger charge is 2.16. The molecular formula is C20H22FN3O4. The first-order valence-electron chi connectivity index (χ1n) is 8.71. The highest BCUT2D eigenvalue weighted by molar-refractivity contribution is 5.96. The van der Waals surface area contributed by atoms with Crippen molar-refractivity contribution in [3.63, 3.8) is 0 Å². The van der Waals surface area contributed by atoms with E-state index >= 15 is 0 Å². The third-order valence-electron chi connectivity index (χ3n) is 3.71. The summed E-state index contributed by atoms with van der Waals surface area (Å²) in [6, 6.07) is 12.1. The van der Waals surface area contributed by atoms with Crippen molar-refractivity contribution in [1.29, 1.82) is 0 Å². The van der Waals surface area contributed by atoms with Crippen molar-refractivity contribution < 1.29 is 23.5 Å². The third-order valence-corrected chi connectivity index (χ3v) is 3.71. The Balaban J connectivity index is 1.85.